The molecule has 2 aromatic heterocycles. The van der Waals surface area contributed by atoms with Gasteiger partial charge in [-0.15, -0.1) is 5.10 Å². The van der Waals surface area contributed by atoms with E-state index in [4.69, 9.17) is 4.74 Å². The van der Waals surface area contributed by atoms with E-state index < -0.39 is 0 Å². The van der Waals surface area contributed by atoms with Crippen molar-refractivity contribution in [1.82, 2.24) is 35.0 Å². The molecule has 0 unspecified atom stereocenters. The normalized spacial score (nSPS) is 18.9. The molecule has 1 N–H and O–H groups in total. The third-order valence-electron chi connectivity index (χ3n) is 8.84. The molecular formula is C34H37N7O2. The molecule has 7 rings (SSSR count). The zero-order valence-electron chi connectivity index (χ0n) is 24.5. The van der Waals surface area contributed by atoms with Crippen molar-refractivity contribution in [2.24, 2.45) is 0 Å². The Balaban J connectivity index is 1.23. The first kappa shape index (κ1) is 27.6. The molecule has 2 saturated heterocycles. The van der Waals surface area contributed by atoms with Crippen LogP contribution in [-0.4, -0.2) is 73.9 Å². The number of hydrogen-bond donors (Lipinski definition) is 1. The zero-order chi connectivity index (χ0) is 29.2. The summed E-state index contributed by atoms with van der Waals surface area (Å²) >= 11 is 0. The molecule has 0 spiro atoms. The summed E-state index contributed by atoms with van der Waals surface area (Å²) in [7, 11) is 0. The van der Waals surface area contributed by atoms with E-state index in [1.165, 1.54) is 11.1 Å². The van der Waals surface area contributed by atoms with Crippen LogP contribution in [0.5, 0.6) is 0 Å². The number of nitrogens with zero attached hydrogens (tertiary/aromatic N) is 6. The lowest BCUT2D eigenvalue weighted by molar-refractivity contribution is 0.0778. The van der Waals surface area contributed by atoms with Crippen LogP contribution in [0.15, 0.2) is 89.7 Å². The molecule has 2 aliphatic rings. The number of nitrogens with one attached hydrogen (secondary N) is 1. The van der Waals surface area contributed by atoms with E-state index in [1.807, 2.05) is 23.7 Å². The van der Waals surface area contributed by atoms with Gasteiger partial charge in [-0.2, -0.15) is 0 Å². The van der Waals surface area contributed by atoms with Gasteiger partial charge in [-0.05, 0) is 64.4 Å². The van der Waals surface area contributed by atoms with Gasteiger partial charge in [0.25, 0.3) is 5.56 Å². The third kappa shape index (κ3) is 5.76. The van der Waals surface area contributed by atoms with Gasteiger partial charge in [-0.1, -0.05) is 72.8 Å². The minimum atomic E-state index is -0.389. The fourth-order valence-electron chi connectivity index (χ4n) is 6.69. The van der Waals surface area contributed by atoms with Gasteiger partial charge in [0.1, 0.15) is 6.04 Å². The van der Waals surface area contributed by atoms with Gasteiger partial charge < -0.3 is 9.72 Å². The zero-order valence-corrected chi connectivity index (χ0v) is 24.5. The Morgan fingerprint density at radius 3 is 2.21 bits per heavy atom. The lowest BCUT2D eigenvalue weighted by atomic mass is 9.96. The van der Waals surface area contributed by atoms with E-state index in [1.54, 1.807) is 0 Å². The highest BCUT2D eigenvalue weighted by molar-refractivity contribution is 5.79. The highest BCUT2D eigenvalue weighted by atomic mass is 16.5. The molecule has 0 bridgehead atoms. The first-order valence-electron chi connectivity index (χ1n) is 15.2. The summed E-state index contributed by atoms with van der Waals surface area (Å²) in [6.45, 7) is 6.57. The molecule has 4 heterocycles. The van der Waals surface area contributed by atoms with Gasteiger partial charge in [0, 0.05) is 43.9 Å². The summed E-state index contributed by atoms with van der Waals surface area (Å²) in [6, 6.07) is 29.4. The number of tetrazole rings is 1. The van der Waals surface area contributed by atoms with Crippen molar-refractivity contribution in [3.05, 3.63) is 123 Å². The van der Waals surface area contributed by atoms with E-state index in [-0.39, 0.29) is 23.7 Å². The molecule has 2 fully saturated rings. The summed E-state index contributed by atoms with van der Waals surface area (Å²) in [4.78, 5) is 21.8. The van der Waals surface area contributed by atoms with Crippen LogP contribution in [0.4, 0.5) is 0 Å². The first-order valence-corrected chi connectivity index (χ1v) is 15.2. The summed E-state index contributed by atoms with van der Waals surface area (Å²) in [5.41, 5.74) is 5.06. The molecule has 5 aromatic rings. The van der Waals surface area contributed by atoms with Crippen LogP contribution in [0.3, 0.4) is 0 Å². The second-order valence-electron chi connectivity index (χ2n) is 11.7. The summed E-state index contributed by atoms with van der Waals surface area (Å²) in [6.07, 6.45) is 2.11. The van der Waals surface area contributed by atoms with Crippen molar-refractivity contribution >= 4 is 10.9 Å². The largest absolute Gasteiger partial charge is 0.376 e. The Bertz CT molecular complexity index is 1680. The summed E-state index contributed by atoms with van der Waals surface area (Å²) in [5.74, 6) is 0.684. The third-order valence-corrected chi connectivity index (χ3v) is 8.84. The number of pyridine rings is 1. The first-order chi connectivity index (χ1) is 21.1. The molecule has 9 nitrogen and oxygen atoms in total. The number of ether oxygens (including phenoxy) is 1. The van der Waals surface area contributed by atoms with E-state index >= 15 is 0 Å². The Kier molecular flexibility index (Phi) is 7.84. The second-order valence-corrected chi connectivity index (χ2v) is 11.7. The van der Waals surface area contributed by atoms with Crippen LogP contribution in [-0.2, 0) is 11.3 Å². The standard InChI is InChI=1S/C34H37N7O2/c1-24-14-15-27-22-29(34(42)35-30(27)21-24)32(33-36-37-38-41(33)23-28-13-8-20-43-28)40-18-16-39(17-19-40)31(25-9-4-2-5-10-25)26-11-6-3-7-12-26/h2-7,9-12,14-15,21-22,28,31-32H,8,13,16-20,23H2,1H3,(H,35,42)/t28-,32-/m0/s1. The summed E-state index contributed by atoms with van der Waals surface area (Å²) in [5, 5.41) is 14.0. The van der Waals surface area contributed by atoms with E-state index in [9.17, 15) is 4.79 Å². The molecule has 2 aliphatic heterocycles. The molecule has 0 radical (unpaired) electrons. The number of benzene rings is 3. The van der Waals surface area contributed by atoms with Crippen molar-refractivity contribution < 1.29 is 4.74 Å². The molecule has 0 aliphatic carbocycles. The lowest BCUT2D eigenvalue weighted by Crippen LogP contribution is -2.50. The molecule has 43 heavy (non-hydrogen) atoms. The van der Waals surface area contributed by atoms with Crippen LogP contribution in [0.2, 0.25) is 0 Å². The molecule has 220 valence electrons. The average Bonchev–Trinajstić information content (AvgIpc) is 3.72. The van der Waals surface area contributed by atoms with Crippen LogP contribution < -0.4 is 5.56 Å². The molecule has 9 heteroatoms. The van der Waals surface area contributed by atoms with Gasteiger partial charge in [0.15, 0.2) is 5.82 Å². The Hall–Kier alpha value is -4.18. The Morgan fingerprint density at radius 2 is 1.56 bits per heavy atom. The highest BCUT2D eigenvalue weighted by Gasteiger charge is 2.35. The topological polar surface area (TPSA) is 92.2 Å². The number of H-pyrrole nitrogens is 1. The fourth-order valence-corrected chi connectivity index (χ4v) is 6.69. The van der Waals surface area contributed by atoms with E-state index in [0.717, 1.165) is 62.1 Å². The monoisotopic (exact) mass is 575 g/mol. The average molecular weight is 576 g/mol. The number of rotatable bonds is 8. The maximum absolute atomic E-state index is 13.7. The predicted octanol–water partition coefficient (Wildman–Crippen LogP) is 4.50. The molecule has 0 saturated carbocycles. The van der Waals surface area contributed by atoms with Crippen LogP contribution in [0.1, 0.15) is 53.0 Å². The second kappa shape index (κ2) is 12.2. The molecular weight excluding hydrogens is 538 g/mol. The number of aryl methyl sites for hydroxylation is 1. The van der Waals surface area contributed by atoms with E-state index in [2.05, 4.69) is 103 Å². The molecule has 3 aromatic carbocycles. The maximum Gasteiger partial charge on any atom is 0.253 e. The Morgan fingerprint density at radius 1 is 0.884 bits per heavy atom. The quantitative estimate of drug-likeness (QED) is 0.291. The predicted molar refractivity (Wildman–Crippen MR) is 166 cm³/mol. The maximum atomic E-state index is 13.7. The van der Waals surface area contributed by atoms with Gasteiger partial charge in [0.2, 0.25) is 0 Å². The van der Waals surface area contributed by atoms with Crippen molar-refractivity contribution in [3.63, 3.8) is 0 Å². The highest BCUT2D eigenvalue weighted by Crippen LogP contribution is 2.33. The number of piperazine rings is 1. The van der Waals surface area contributed by atoms with Gasteiger partial charge >= 0.3 is 0 Å². The van der Waals surface area contributed by atoms with Crippen LogP contribution >= 0.6 is 0 Å². The molecule has 0 amide bonds. The smallest absolute Gasteiger partial charge is 0.253 e. The van der Waals surface area contributed by atoms with Crippen molar-refractivity contribution in [2.45, 2.75) is 44.5 Å². The minimum absolute atomic E-state index is 0.0788. The minimum Gasteiger partial charge on any atom is -0.376 e. The van der Waals surface area contributed by atoms with Crippen LogP contribution in [0, 0.1) is 6.92 Å². The summed E-state index contributed by atoms with van der Waals surface area (Å²) < 4.78 is 7.77. The number of hydrogen-bond acceptors (Lipinski definition) is 7. The number of aromatic amines is 1. The Labute approximate surface area is 251 Å². The van der Waals surface area contributed by atoms with Crippen LogP contribution in [0.25, 0.3) is 10.9 Å². The SMILES string of the molecule is Cc1ccc2cc([C@@H](c3nnnn3C[C@@H]3CCCO3)N3CCN(C(c4ccccc4)c4ccccc4)CC3)c(=O)[nH]c2c1. The number of aromatic nitrogens is 5. The van der Waals surface area contributed by atoms with E-state index in [0.29, 0.717) is 17.9 Å². The van der Waals surface area contributed by atoms with Gasteiger partial charge in [-0.3, -0.25) is 14.6 Å². The number of fused-ring (bicyclic) bond motifs is 1. The lowest BCUT2D eigenvalue weighted by Gasteiger charge is -2.42. The van der Waals surface area contributed by atoms with Crippen molar-refractivity contribution in [1.29, 1.82) is 0 Å². The van der Waals surface area contributed by atoms with Crippen molar-refractivity contribution in [2.75, 3.05) is 32.8 Å². The van der Waals surface area contributed by atoms with Gasteiger partial charge in [-0.25, -0.2) is 4.68 Å². The van der Waals surface area contributed by atoms with Crippen molar-refractivity contribution in [3.8, 4) is 0 Å². The van der Waals surface area contributed by atoms with Gasteiger partial charge in [0.05, 0.1) is 18.7 Å². The molecule has 2 atom stereocenters. The fraction of sp³-hybridized carbons (Fsp3) is 0.353.